The summed E-state index contributed by atoms with van der Waals surface area (Å²) < 4.78 is 2.04. The second-order valence-corrected chi connectivity index (χ2v) is 8.71. The predicted octanol–water partition coefficient (Wildman–Crippen LogP) is 7.65. The Kier molecular flexibility index (Phi) is 7.00. The smallest absolute Gasteiger partial charge is 0.234 e. The van der Waals surface area contributed by atoms with Crippen molar-refractivity contribution in [1.29, 1.82) is 0 Å². The van der Waals surface area contributed by atoms with Gasteiger partial charge >= 0.3 is 0 Å². The molecule has 4 heteroatoms. The van der Waals surface area contributed by atoms with Gasteiger partial charge in [0.2, 0.25) is 5.78 Å². The molecule has 4 nitrogen and oxygen atoms in total. The summed E-state index contributed by atoms with van der Waals surface area (Å²) in [6.07, 6.45) is 31.4. The maximum absolute atomic E-state index is 4.87. The van der Waals surface area contributed by atoms with Crippen LogP contribution in [0.3, 0.4) is 0 Å². The summed E-state index contributed by atoms with van der Waals surface area (Å²) in [6, 6.07) is 7.94. The summed E-state index contributed by atoms with van der Waals surface area (Å²) in [5, 5.41) is 0. The SMILES string of the molecule is C=C/C=C/C=C(C=C)/C1=C/C=C/C=C2\C=CC(c3c(-c4cccc(C)n4)nc4ncccn34)=CC\C2=C\1. The van der Waals surface area contributed by atoms with Crippen molar-refractivity contribution >= 4 is 11.4 Å². The molecule has 0 N–H and O–H groups in total. The summed E-state index contributed by atoms with van der Waals surface area (Å²) in [7, 11) is 0. The van der Waals surface area contributed by atoms with Gasteiger partial charge in [-0.3, -0.25) is 9.38 Å². The van der Waals surface area contributed by atoms with Crippen molar-refractivity contribution < 1.29 is 0 Å². The molecule has 180 valence electrons. The summed E-state index contributed by atoms with van der Waals surface area (Å²) in [5.41, 5.74) is 9.23. The number of nitrogens with zero attached hydrogens (tertiary/aromatic N) is 4. The topological polar surface area (TPSA) is 43.1 Å². The minimum atomic E-state index is 0.653. The number of hydrogen-bond acceptors (Lipinski definition) is 3. The minimum absolute atomic E-state index is 0.653. The molecule has 3 heterocycles. The highest BCUT2D eigenvalue weighted by Crippen LogP contribution is 2.34. The Bertz CT molecular complexity index is 1630. The Labute approximate surface area is 217 Å². The van der Waals surface area contributed by atoms with Crippen LogP contribution in [0.2, 0.25) is 0 Å². The highest BCUT2D eigenvalue weighted by Gasteiger charge is 2.20. The van der Waals surface area contributed by atoms with Gasteiger partial charge in [0.1, 0.15) is 5.69 Å². The van der Waals surface area contributed by atoms with Gasteiger partial charge < -0.3 is 0 Å². The first-order chi connectivity index (χ1) is 18.2. The molecule has 0 unspecified atom stereocenters. The number of aromatic nitrogens is 4. The second kappa shape index (κ2) is 10.8. The zero-order valence-electron chi connectivity index (χ0n) is 20.9. The van der Waals surface area contributed by atoms with Gasteiger partial charge in [0, 0.05) is 18.1 Å². The molecule has 0 aliphatic heterocycles. The number of pyridine rings is 1. The summed E-state index contributed by atoms with van der Waals surface area (Å²) in [6.45, 7) is 9.77. The predicted molar refractivity (Wildman–Crippen MR) is 154 cm³/mol. The molecule has 5 rings (SSSR count). The van der Waals surface area contributed by atoms with Crippen LogP contribution in [0, 0.1) is 6.92 Å². The fourth-order valence-corrected chi connectivity index (χ4v) is 4.44. The molecule has 2 aliphatic rings. The second-order valence-electron chi connectivity index (χ2n) is 8.71. The van der Waals surface area contributed by atoms with E-state index in [0.29, 0.717) is 5.78 Å². The standard InChI is InChI=1S/C33H28N4/c1-4-6-7-13-25(5-2)28-15-9-8-14-26-17-18-27(19-20-29(26)23-28)32-31(30-16-10-12-24(3)35-30)36-33-34-21-11-22-37(32)33/h4-19,21-23H,1-2,20H2,3H3/b7-6+,9-8+,14-8?,15-9?,25-13+,26-14+,28-15+,28-23?,29-23-. The highest BCUT2D eigenvalue weighted by atomic mass is 15.1. The van der Waals surface area contributed by atoms with Gasteiger partial charge in [0.05, 0.1) is 11.4 Å². The normalized spacial score (nSPS) is 20.8. The van der Waals surface area contributed by atoms with Crippen molar-refractivity contribution in [2.24, 2.45) is 0 Å². The fraction of sp³-hybridized carbons (Fsp3) is 0.0606. The summed E-state index contributed by atoms with van der Waals surface area (Å²) >= 11 is 0. The molecule has 0 bridgehead atoms. The third-order valence-corrected chi connectivity index (χ3v) is 6.23. The zero-order chi connectivity index (χ0) is 25.6. The third kappa shape index (κ3) is 5.09. The average Bonchev–Trinajstić information content (AvgIpc) is 3.18. The molecular formula is C33H28N4. The third-order valence-electron chi connectivity index (χ3n) is 6.23. The zero-order valence-corrected chi connectivity index (χ0v) is 20.9. The lowest BCUT2D eigenvalue weighted by Gasteiger charge is -2.10. The maximum Gasteiger partial charge on any atom is 0.234 e. The average molecular weight is 481 g/mol. The molecule has 0 fully saturated rings. The van der Waals surface area contributed by atoms with Crippen LogP contribution in [0.1, 0.15) is 17.8 Å². The monoisotopic (exact) mass is 480 g/mol. The number of aryl methyl sites for hydroxylation is 1. The molecule has 0 spiro atoms. The van der Waals surface area contributed by atoms with Crippen LogP contribution in [0.25, 0.3) is 22.7 Å². The van der Waals surface area contributed by atoms with E-state index in [1.54, 1.807) is 12.3 Å². The molecule has 3 aromatic rings. The summed E-state index contributed by atoms with van der Waals surface area (Å²) in [4.78, 5) is 14.1. The minimum Gasteiger partial charge on any atom is -0.283 e. The van der Waals surface area contributed by atoms with Crippen LogP contribution >= 0.6 is 0 Å². The van der Waals surface area contributed by atoms with Crippen LogP contribution in [0.15, 0.2) is 151 Å². The van der Waals surface area contributed by atoms with Crippen molar-refractivity contribution in [1.82, 2.24) is 19.4 Å². The first-order valence-corrected chi connectivity index (χ1v) is 12.3. The molecule has 0 saturated carbocycles. The van der Waals surface area contributed by atoms with Gasteiger partial charge in [-0.1, -0.05) is 98.2 Å². The van der Waals surface area contributed by atoms with Gasteiger partial charge in [-0.2, -0.15) is 0 Å². The first kappa shape index (κ1) is 23.9. The van der Waals surface area contributed by atoms with E-state index in [-0.39, 0.29) is 0 Å². The lowest BCUT2D eigenvalue weighted by Crippen LogP contribution is -1.95. The quantitative estimate of drug-likeness (QED) is 0.340. The molecular weight excluding hydrogens is 452 g/mol. The molecule has 0 amide bonds. The molecule has 0 atom stereocenters. The Morgan fingerprint density at radius 3 is 2.70 bits per heavy atom. The highest BCUT2D eigenvalue weighted by molar-refractivity contribution is 5.84. The van der Waals surface area contributed by atoms with Crippen LogP contribution < -0.4 is 0 Å². The van der Waals surface area contributed by atoms with Crippen molar-refractivity contribution in [3.05, 3.63) is 162 Å². The number of rotatable bonds is 6. The van der Waals surface area contributed by atoms with Crippen molar-refractivity contribution in [3.63, 3.8) is 0 Å². The Morgan fingerprint density at radius 2 is 1.86 bits per heavy atom. The molecule has 0 saturated heterocycles. The van der Waals surface area contributed by atoms with Crippen molar-refractivity contribution in [2.75, 3.05) is 0 Å². The van der Waals surface area contributed by atoms with Crippen molar-refractivity contribution in [3.8, 4) is 11.4 Å². The number of fused-ring (bicyclic) bond motifs is 2. The largest absolute Gasteiger partial charge is 0.283 e. The number of hydrogen-bond donors (Lipinski definition) is 0. The van der Waals surface area contributed by atoms with E-state index in [1.807, 2.05) is 60.0 Å². The lowest BCUT2D eigenvalue weighted by molar-refractivity contribution is 1.09. The van der Waals surface area contributed by atoms with E-state index in [1.165, 1.54) is 11.1 Å². The van der Waals surface area contributed by atoms with Crippen molar-refractivity contribution in [2.45, 2.75) is 13.3 Å². The van der Waals surface area contributed by atoms with Gasteiger partial charge in [-0.05, 0) is 59.4 Å². The van der Waals surface area contributed by atoms with Crippen LogP contribution in [0.4, 0.5) is 0 Å². The van der Waals surface area contributed by atoms with Gasteiger partial charge in [-0.15, -0.1) is 0 Å². The Hall–Kier alpha value is -4.83. The Balaban J connectivity index is 1.61. The molecule has 2 aliphatic carbocycles. The van der Waals surface area contributed by atoms with E-state index in [9.17, 15) is 0 Å². The molecule has 37 heavy (non-hydrogen) atoms. The van der Waals surface area contributed by atoms with Gasteiger partial charge in [0.25, 0.3) is 0 Å². The molecule has 0 radical (unpaired) electrons. The lowest BCUT2D eigenvalue weighted by atomic mass is 9.94. The van der Waals surface area contributed by atoms with E-state index in [0.717, 1.165) is 45.9 Å². The summed E-state index contributed by atoms with van der Waals surface area (Å²) in [5.74, 6) is 0.653. The fourth-order valence-electron chi connectivity index (χ4n) is 4.44. The van der Waals surface area contributed by atoms with Crippen LogP contribution in [-0.4, -0.2) is 19.4 Å². The van der Waals surface area contributed by atoms with Gasteiger partial charge in [-0.25, -0.2) is 9.97 Å². The molecule has 3 aromatic heterocycles. The number of allylic oxidation sites excluding steroid dienone is 18. The van der Waals surface area contributed by atoms with E-state index < -0.39 is 0 Å². The van der Waals surface area contributed by atoms with E-state index in [2.05, 4.69) is 72.8 Å². The van der Waals surface area contributed by atoms with Gasteiger partial charge in [0.15, 0.2) is 0 Å². The maximum atomic E-state index is 4.87. The van der Waals surface area contributed by atoms with E-state index in [4.69, 9.17) is 9.97 Å². The molecule has 0 aromatic carbocycles. The first-order valence-electron chi connectivity index (χ1n) is 12.3. The van der Waals surface area contributed by atoms with Crippen LogP contribution in [0.5, 0.6) is 0 Å². The Morgan fingerprint density at radius 1 is 1.00 bits per heavy atom. The van der Waals surface area contributed by atoms with E-state index >= 15 is 0 Å². The van der Waals surface area contributed by atoms with Crippen LogP contribution in [-0.2, 0) is 0 Å². The number of imidazole rings is 1.